The first-order valence-electron chi connectivity index (χ1n) is 7.45. The Bertz CT molecular complexity index is 598. The van der Waals surface area contributed by atoms with Gasteiger partial charge in [0.05, 0.1) is 11.6 Å². The zero-order chi connectivity index (χ0) is 14.0. The van der Waals surface area contributed by atoms with E-state index in [-0.39, 0.29) is 11.5 Å². The highest BCUT2D eigenvalue weighted by Crippen LogP contribution is 2.36. The maximum atomic E-state index is 10.2. The molecule has 1 saturated carbocycles. The SMILES string of the molecule is CC1(CNc2ccc3ccccc3n2)CCCCC1O. The minimum Gasteiger partial charge on any atom is -0.392 e. The number of benzene rings is 1. The van der Waals surface area contributed by atoms with Gasteiger partial charge < -0.3 is 10.4 Å². The third kappa shape index (κ3) is 2.63. The number of anilines is 1. The molecule has 1 aromatic heterocycles. The largest absolute Gasteiger partial charge is 0.392 e. The molecule has 1 heterocycles. The van der Waals surface area contributed by atoms with Crippen molar-refractivity contribution < 1.29 is 5.11 Å². The van der Waals surface area contributed by atoms with Gasteiger partial charge in [-0.15, -0.1) is 0 Å². The number of nitrogens with zero attached hydrogens (tertiary/aromatic N) is 1. The van der Waals surface area contributed by atoms with Crippen molar-refractivity contribution in [2.24, 2.45) is 5.41 Å². The molecule has 1 aromatic carbocycles. The number of aromatic nitrogens is 1. The second-order valence-corrected chi connectivity index (χ2v) is 6.16. The fourth-order valence-electron chi connectivity index (χ4n) is 3.04. The van der Waals surface area contributed by atoms with Gasteiger partial charge >= 0.3 is 0 Å². The third-order valence-electron chi connectivity index (χ3n) is 4.55. The summed E-state index contributed by atoms with van der Waals surface area (Å²) in [6.45, 7) is 2.95. The predicted molar refractivity (Wildman–Crippen MR) is 82.8 cm³/mol. The summed E-state index contributed by atoms with van der Waals surface area (Å²) in [5.41, 5.74) is 0.970. The van der Waals surface area contributed by atoms with Gasteiger partial charge in [-0.2, -0.15) is 0 Å². The second kappa shape index (κ2) is 5.41. The lowest BCUT2D eigenvalue weighted by Crippen LogP contribution is -2.41. The molecule has 0 amide bonds. The van der Waals surface area contributed by atoms with E-state index in [1.54, 1.807) is 0 Å². The number of hydrogen-bond acceptors (Lipinski definition) is 3. The molecule has 2 aromatic rings. The molecule has 0 bridgehead atoms. The summed E-state index contributed by atoms with van der Waals surface area (Å²) >= 11 is 0. The first-order valence-corrected chi connectivity index (χ1v) is 7.45. The van der Waals surface area contributed by atoms with Crippen LogP contribution in [0, 0.1) is 5.41 Å². The lowest BCUT2D eigenvalue weighted by Gasteiger charge is -2.38. The Hall–Kier alpha value is -1.61. The number of fused-ring (bicyclic) bond motifs is 1. The average Bonchev–Trinajstić information content (AvgIpc) is 2.48. The lowest BCUT2D eigenvalue weighted by molar-refractivity contribution is 0.00959. The van der Waals surface area contributed by atoms with Crippen molar-refractivity contribution in [3.05, 3.63) is 36.4 Å². The van der Waals surface area contributed by atoms with Crippen molar-refractivity contribution in [1.82, 2.24) is 4.98 Å². The molecule has 3 rings (SSSR count). The van der Waals surface area contributed by atoms with Crippen LogP contribution in [-0.4, -0.2) is 22.7 Å². The van der Waals surface area contributed by atoms with E-state index in [1.165, 1.54) is 6.42 Å². The molecule has 2 atom stereocenters. The van der Waals surface area contributed by atoms with Crippen LogP contribution in [0.3, 0.4) is 0 Å². The van der Waals surface area contributed by atoms with Crippen molar-refractivity contribution in [2.45, 2.75) is 38.7 Å². The summed E-state index contributed by atoms with van der Waals surface area (Å²) in [6, 6.07) is 12.2. The first kappa shape index (κ1) is 13.4. The normalized spacial score (nSPS) is 26.6. The first-order chi connectivity index (χ1) is 9.67. The molecule has 1 fully saturated rings. The Morgan fingerprint density at radius 2 is 2.10 bits per heavy atom. The molecule has 0 aliphatic heterocycles. The van der Waals surface area contributed by atoms with Gasteiger partial charge in [-0.25, -0.2) is 4.98 Å². The van der Waals surface area contributed by atoms with E-state index in [4.69, 9.17) is 0 Å². The van der Waals surface area contributed by atoms with E-state index >= 15 is 0 Å². The topological polar surface area (TPSA) is 45.2 Å². The zero-order valence-electron chi connectivity index (χ0n) is 12.0. The van der Waals surface area contributed by atoms with Crippen LogP contribution in [0.25, 0.3) is 10.9 Å². The monoisotopic (exact) mass is 270 g/mol. The van der Waals surface area contributed by atoms with E-state index in [0.717, 1.165) is 42.5 Å². The molecular weight excluding hydrogens is 248 g/mol. The molecule has 1 aliphatic rings. The Morgan fingerprint density at radius 3 is 2.95 bits per heavy atom. The number of hydrogen-bond donors (Lipinski definition) is 2. The van der Waals surface area contributed by atoms with Gasteiger partial charge in [0.25, 0.3) is 0 Å². The summed E-state index contributed by atoms with van der Waals surface area (Å²) in [6.07, 6.45) is 4.15. The molecule has 3 heteroatoms. The van der Waals surface area contributed by atoms with Crippen molar-refractivity contribution in [1.29, 1.82) is 0 Å². The number of nitrogens with one attached hydrogen (secondary N) is 1. The summed E-state index contributed by atoms with van der Waals surface area (Å²) in [5, 5.41) is 14.8. The predicted octanol–water partition coefficient (Wildman–Crippen LogP) is 3.59. The summed E-state index contributed by atoms with van der Waals surface area (Å²) in [7, 11) is 0. The van der Waals surface area contributed by atoms with Gasteiger partial charge in [0, 0.05) is 17.3 Å². The number of para-hydroxylation sites is 1. The van der Waals surface area contributed by atoms with Crippen LogP contribution in [0.4, 0.5) is 5.82 Å². The molecule has 1 aliphatic carbocycles. The van der Waals surface area contributed by atoms with Gasteiger partial charge in [-0.3, -0.25) is 0 Å². The molecule has 106 valence electrons. The van der Waals surface area contributed by atoms with E-state index in [0.29, 0.717) is 0 Å². The summed E-state index contributed by atoms with van der Waals surface area (Å²) < 4.78 is 0. The standard InChI is InChI=1S/C17H22N2O/c1-17(11-5-4-8-15(17)20)12-18-16-10-9-13-6-2-3-7-14(13)19-16/h2-3,6-7,9-10,15,20H,4-5,8,11-12H2,1H3,(H,18,19). The number of pyridine rings is 1. The second-order valence-electron chi connectivity index (χ2n) is 6.16. The minimum atomic E-state index is -0.204. The van der Waals surface area contributed by atoms with Crippen LogP contribution < -0.4 is 5.32 Å². The molecule has 3 nitrogen and oxygen atoms in total. The van der Waals surface area contributed by atoms with Crippen molar-refractivity contribution in [3.63, 3.8) is 0 Å². The van der Waals surface area contributed by atoms with Gasteiger partial charge in [0.15, 0.2) is 0 Å². The van der Waals surface area contributed by atoms with Crippen LogP contribution in [0.1, 0.15) is 32.6 Å². The van der Waals surface area contributed by atoms with E-state index in [9.17, 15) is 5.11 Å². The zero-order valence-corrected chi connectivity index (χ0v) is 12.0. The van der Waals surface area contributed by atoms with Crippen LogP contribution in [0.5, 0.6) is 0 Å². The molecule has 20 heavy (non-hydrogen) atoms. The highest BCUT2D eigenvalue weighted by Gasteiger charge is 2.35. The molecule has 2 N–H and O–H groups in total. The van der Waals surface area contributed by atoms with Gasteiger partial charge in [-0.1, -0.05) is 38.0 Å². The van der Waals surface area contributed by atoms with E-state index < -0.39 is 0 Å². The summed E-state index contributed by atoms with van der Waals surface area (Å²) in [4.78, 5) is 4.62. The average molecular weight is 270 g/mol. The van der Waals surface area contributed by atoms with Crippen LogP contribution in [0.2, 0.25) is 0 Å². The molecule has 2 unspecified atom stereocenters. The summed E-state index contributed by atoms with van der Waals surface area (Å²) in [5.74, 6) is 0.891. The smallest absolute Gasteiger partial charge is 0.126 e. The highest BCUT2D eigenvalue weighted by atomic mass is 16.3. The lowest BCUT2D eigenvalue weighted by atomic mass is 9.73. The maximum absolute atomic E-state index is 10.2. The van der Waals surface area contributed by atoms with Crippen molar-refractivity contribution in [2.75, 3.05) is 11.9 Å². The Kier molecular flexibility index (Phi) is 3.62. The fourth-order valence-corrected chi connectivity index (χ4v) is 3.04. The van der Waals surface area contributed by atoms with E-state index in [1.807, 2.05) is 24.3 Å². The van der Waals surface area contributed by atoms with Crippen LogP contribution in [-0.2, 0) is 0 Å². The molecule has 0 radical (unpaired) electrons. The quantitative estimate of drug-likeness (QED) is 0.896. The molecular formula is C17H22N2O. The number of aliphatic hydroxyl groups excluding tert-OH is 1. The Balaban J connectivity index is 1.73. The maximum Gasteiger partial charge on any atom is 0.126 e. The van der Waals surface area contributed by atoms with Crippen LogP contribution >= 0.6 is 0 Å². The number of aliphatic hydroxyl groups is 1. The minimum absolute atomic E-state index is 0.0361. The van der Waals surface area contributed by atoms with Crippen molar-refractivity contribution in [3.8, 4) is 0 Å². The number of rotatable bonds is 3. The fraction of sp³-hybridized carbons (Fsp3) is 0.471. The highest BCUT2D eigenvalue weighted by molar-refractivity contribution is 5.80. The van der Waals surface area contributed by atoms with E-state index in [2.05, 4.69) is 29.4 Å². The van der Waals surface area contributed by atoms with Gasteiger partial charge in [0.1, 0.15) is 5.82 Å². The third-order valence-corrected chi connectivity index (χ3v) is 4.55. The van der Waals surface area contributed by atoms with Gasteiger partial charge in [0.2, 0.25) is 0 Å². The molecule has 0 spiro atoms. The Labute approximate surface area is 120 Å². The van der Waals surface area contributed by atoms with Crippen molar-refractivity contribution >= 4 is 16.7 Å². The molecule has 0 saturated heterocycles. The van der Waals surface area contributed by atoms with Crippen LogP contribution in [0.15, 0.2) is 36.4 Å². The van der Waals surface area contributed by atoms with Gasteiger partial charge in [-0.05, 0) is 31.0 Å². The Morgan fingerprint density at radius 1 is 1.25 bits per heavy atom.